The molecule has 1 N–H and O–H groups in total. The van der Waals surface area contributed by atoms with Crippen molar-refractivity contribution in [3.8, 4) is 0 Å². The van der Waals surface area contributed by atoms with Crippen LogP contribution in [0.15, 0.2) is 42.5 Å². The van der Waals surface area contributed by atoms with Crippen molar-refractivity contribution in [2.75, 3.05) is 23.7 Å². The van der Waals surface area contributed by atoms with E-state index < -0.39 is 33.4 Å². The third kappa shape index (κ3) is 8.28. The minimum Gasteiger partial charge on any atom is -0.354 e. The number of non-ortho nitro benzene ring substituents is 1. The highest BCUT2D eigenvalue weighted by atomic mass is 32.2. The number of nitro benzene ring substituents is 1. The zero-order chi connectivity index (χ0) is 27.9. The van der Waals surface area contributed by atoms with E-state index in [1.807, 2.05) is 45.0 Å². The summed E-state index contributed by atoms with van der Waals surface area (Å²) in [5.41, 5.74) is 1.97. The average molecular weight is 533 g/mol. The Morgan fingerprint density at radius 1 is 1.11 bits per heavy atom. The van der Waals surface area contributed by atoms with E-state index in [0.717, 1.165) is 27.8 Å². The molecular formula is C26H36N4O6S. The van der Waals surface area contributed by atoms with Gasteiger partial charge in [-0.2, -0.15) is 0 Å². The van der Waals surface area contributed by atoms with Gasteiger partial charge in [0.2, 0.25) is 21.8 Å². The van der Waals surface area contributed by atoms with E-state index in [1.165, 1.54) is 17.0 Å². The van der Waals surface area contributed by atoms with Gasteiger partial charge in [-0.25, -0.2) is 8.42 Å². The summed E-state index contributed by atoms with van der Waals surface area (Å²) in [4.78, 5) is 38.9. The van der Waals surface area contributed by atoms with Crippen molar-refractivity contribution in [3.05, 3.63) is 69.3 Å². The lowest BCUT2D eigenvalue weighted by atomic mass is 10.1. The summed E-state index contributed by atoms with van der Waals surface area (Å²) in [6.07, 6.45) is 1.26. The molecule has 0 saturated carbocycles. The van der Waals surface area contributed by atoms with Crippen LogP contribution in [0, 0.1) is 29.9 Å². The third-order valence-corrected chi connectivity index (χ3v) is 6.98. The molecule has 0 spiro atoms. The molecule has 2 aromatic rings. The summed E-state index contributed by atoms with van der Waals surface area (Å²) < 4.78 is 26.4. The maximum absolute atomic E-state index is 13.7. The molecule has 1 atom stereocenters. The lowest BCUT2D eigenvalue weighted by molar-refractivity contribution is -0.384. The molecule has 0 radical (unpaired) electrons. The SMILES string of the molecule is CCC(C(=O)NCC(C)C)N(Cc1cccc(C)c1)C(=O)CN(c1cc([N+](=O)[O-])ccc1C)S(C)(=O)=O. The van der Waals surface area contributed by atoms with Gasteiger partial charge in [0.05, 0.1) is 16.9 Å². The van der Waals surface area contributed by atoms with E-state index in [-0.39, 0.29) is 29.7 Å². The highest BCUT2D eigenvalue weighted by Gasteiger charge is 2.32. The Hall–Kier alpha value is -3.47. The molecule has 37 heavy (non-hydrogen) atoms. The molecule has 0 fully saturated rings. The van der Waals surface area contributed by atoms with Crippen LogP contribution < -0.4 is 9.62 Å². The number of benzene rings is 2. The first-order chi connectivity index (χ1) is 17.2. The summed E-state index contributed by atoms with van der Waals surface area (Å²) in [6, 6.07) is 10.5. The number of amides is 2. The van der Waals surface area contributed by atoms with E-state index in [9.17, 15) is 28.1 Å². The predicted molar refractivity (Wildman–Crippen MR) is 144 cm³/mol. The Kier molecular flexibility index (Phi) is 10.2. The Bertz CT molecular complexity index is 1250. The van der Waals surface area contributed by atoms with Crippen molar-refractivity contribution in [3.63, 3.8) is 0 Å². The first kappa shape index (κ1) is 29.8. The fourth-order valence-electron chi connectivity index (χ4n) is 3.92. The first-order valence-corrected chi connectivity index (χ1v) is 13.9. The smallest absolute Gasteiger partial charge is 0.271 e. The van der Waals surface area contributed by atoms with Crippen LogP contribution in [0.4, 0.5) is 11.4 Å². The van der Waals surface area contributed by atoms with Crippen molar-refractivity contribution < 1.29 is 22.9 Å². The van der Waals surface area contributed by atoms with E-state index >= 15 is 0 Å². The summed E-state index contributed by atoms with van der Waals surface area (Å²) in [6.45, 7) is 9.16. The normalized spacial score (nSPS) is 12.2. The molecule has 10 nitrogen and oxygen atoms in total. The van der Waals surface area contributed by atoms with Crippen molar-refractivity contribution in [1.82, 2.24) is 10.2 Å². The molecule has 11 heteroatoms. The van der Waals surface area contributed by atoms with E-state index in [0.29, 0.717) is 18.5 Å². The summed E-state index contributed by atoms with van der Waals surface area (Å²) >= 11 is 0. The third-order valence-electron chi connectivity index (χ3n) is 5.86. The lowest BCUT2D eigenvalue weighted by Gasteiger charge is -2.33. The van der Waals surface area contributed by atoms with Gasteiger partial charge in [-0.05, 0) is 37.3 Å². The van der Waals surface area contributed by atoms with Gasteiger partial charge in [-0.15, -0.1) is 0 Å². The van der Waals surface area contributed by atoms with Crippen molar-refractivity contribution in [2.24, 2.45) is 5.92 Å². The largest absolute Gasteiger partial charge is 0.354 e. The zero-order valence-electron chi connectivity index (χ0n) is 22.2. The second kappa shape index (κ2) is 12.7. The molecule has 0 heterocycles. The molecule has 1 unspecified atom stereocenters. The highest BCUT2D eigenvalue weighted by Crippen LogP contribution is 2.28. The van der Waals surface area contributed by atoms with Crippen LogP contribution in [0.3, 0.4) is 0 Å². The van der Waals surface area contributed by atoms with Crippen LogP contribution in [0.5, 0.6) is 0 Å². The number of aryl methyl sites for hydroxylation is 2. The molecule has 0 aliphatic carbocycles. The quantitative estimate of drug-likeness (QED) is 0.329. The van der Waals surface area contributed by atoms with E-state index in [4.69, 9.17) is 0 Å². The van der Waals surface area contributed by atoms with Crippen LogP contribution in [-0.2, 0) is 26.2 Å². The molecular weight excluding hydrogens is 496 g/mol. The van der Waals surface area contributed by atoms with Gasteiger partial charge >= 0.3 is 0 Å². The minimum absolute atomic E-state index is 0.0397. The second-order valence-corrected chi connectivity index (χ2v) is 11.5. The molecule has 0 aliphatic rings. The average Bonchev–Trinajstić information content (AvgIpc) is 2.80. The molecule has 202 valence electrons. The van der Waals surface area contributed by atoms with Gasteiger partial charge in [-0.3, -0.25) is 24.0 Å². The fraction of sp³-hybridized carbons (Fsp3) is 0.462. The van der Waals surface area contributed by atoms with Crippen molar-refractivity contribution in [2.45, 2.75) is 53.6 Å². The number of carbonyl (C=O) groups is 2. The first-order valence-electron chi connectivity index (χ1n) is 12.1. The Labute approximate surface area is 218 Å². The van der Waals surface area contributed by atoms with Gasteiger partial charge in [0.1, 0.15) is 12.6 Å². The van der Waals surface area contributed by atoms with Crippen molar-refractivity contribution in [1.29, 1.82) is 0 Å². The highest BCUT2D eigenvalue weighted by molar-refractivity contribution is 7.92. The molecule has 0 saturated heterocycles. The summed E-state index contributed by atoms with van der Waals surface area (Å²) in [7, 11) is -4.00. The van der Waals surface area contributed by atoms with Crippen LogP contribution in [0.1, 0.15) is 43.9 Å². The molecule has 0 bridgehead atoms. The number of nitro groups is 1. The maximum atomic E-state index is 13.7. The number of hydrogen-bond donors (Lipinski definition) is 1. The van der Waals surface area contributed by atoms with Gasteiger partial charge in [0, 0.05) is 25.2 Å². The molecule has 2 amide bonds. The topological polar surface area (TPSA) is 130 Å². The van der Waals surface area contributed by atoms with Gasteiger partial charge in [-0.1, -0.05) is 56.7 Å². The van der Waals surface area contributed by atoms with Crippen LogP contribution >= 0.6 is 0 Å². The summed E-state index contributed by atoms with van der Waals surface area (Å²) in [5.74, 6) is -0.709. The molecule has 0 aromatic heterocycles. The molecule has 0 aliphatic heterocycles. The Morgan fingerprint density at radius 2 is 1.78 bits per heavy atom. The Morgan fingerprint density at radius 3 is 2.32 bits per heavy atom. The maximum Gasteiger partial charge on any atom is 0.271 e. The number of sulfonamides is 1. The monoisotopic (exact) mass is 532 g/mol. The lowest BCUT2D eigenvalue weighted by Crippen LogP contribution is -2.52. The number of anilines is 1. The number of rotatable bonds is 12. The standard InChI is InChI=1S/C26H36N4O6S/c1-7-23(26(32)27-15-18(2)3)28(16-21-10-8-9-19(4)13-21)25(31)17-29(37(6,35)36)24-14-22(30(33)34)12-11-20(24)5/h8-14,18,23H,7,15-17H2,1-6H3,(H,27,32). The fourth-order valence-corrected chi connectivity index (χ4v) is 4.82. The number of nitrogens with one attached hydrogen (secondary N) is 1. The van der Waals surface area contributed by atoms with Crippen LogP contribution in [0.2, 0.25) is 0 Å². The number of hydrogen-bond acceptors (Lipinski definition) is 6. The van der Waals surface area contributed by atoms with Crippen LogP contribution in [0.25, 0.3) is 0 Å². The molecule has 2 aromatic carbocycles. The molecule has 2 rings (SSSR count). The van der Waals surface area contributed by atoms with Crippen molar-refractivity contribution >= 4 is 33.2 Å². The second-order valence-electron chi connectivity index (χ2n) is 9.57. The zero-order valence-corrected chi connectivity index (χ0v) is 23.0. The van der Waals surface area contributed by atoms with E-state index in [2.05, 4.69) is 5.32 Å². The predicted octanol–water partition coefficient (Wildman–Crippen LogP) is 3.56. The summed E-state index contributed by atoms with van der Waals surface area (Å²) in [5, 5.41) is 14.2. The van der Waals surface area contributed by atoms with E-state index in [1.54, 1.807) is 13.8 Å². The number of carbonyl (C=O) groups excluding carboxylic acids is 2. The van der Waals surface area contributed by atoms with Gasteiger partial charge in [0.25, 0.3) is 5.69 Å². The van der Waals surface area contributed by atoms with Crippen LogP contribution in [-0.4, -0.2) is 55.4 Å². The number of nitrogens with zero attached hydrogens (tertiary/aromatic N) is 3. The Balaban J connectivity index is 2.51. The van der Waals surface area contributed by atoms with Gasteiger partial charge in [0.15, 0.2) is 0 Å². The minimum atomic E-state index is -4.00. The van der Waals surface area contributed by atoms with Gasteiger partial charge < -0.3 is 10.2 Å².